The topological polar surface area (TPSA) is 20.2 Å². The van der Waals surface area contributed by atoms with Crippen LogP contribution in [-0.2, 0) is 0 Å². The third kappa shape index (κ3) is 1.40. The van der Waals surface area contributed by atoms with Crippen LogP contribution in [0.4, 0.5) is 0 Å². The quantitative estimate of drug-likeness (QED) is 0.770. The first kappa shape index (κ1) is 10.1. The highest BCUT2D eigenvalue weighted by molar-refractivity contribution is 9.11. The fourth-order valence-electron chi connectivity index (χ4n) is 1.15. The second kappa shape index (κ2) is 3.38. The zero-order valence-corrected chi connectivity index (χ0v) is 10.4. The minimum Gasteiger partial charge on any atom is -0.507 e. The molecule has 0 saturated heterocycles. The van der Waals surface area contributed by atoms with Crippen molar-refractivity contribution < 1.29 is 5.11 Å². The number of hydrogen-bond acceptors (Lipinski definition) is 1. The van der Waals surface area contributed by atoms with Crippen LogP contribution >= 0.6 is 31.9 Å². The fraction of sp³-hybridized carbons (Fsp3) is 0.333. The number of phenols is 1. The maximum Gasteiger partial charge on any atom is 0.123 e. The van der Waals surface area contributed by atoms with Crippen molar-refractivity contribution in [1.82, 2.24) is 0 Å². The zero-order valence-electron chi connectivity index (χ0n) is 7.20. The van der Waals surface area contributed by atoms with Crippen molar-refractivity contribution in [3.05, 3.63) is 25.6 Å². The molecule has 0 unspecified atom stereocenters. The van der Waals surface area contributed by atoms with E-state index >= 15 is 0 Å². The molecule has 0 bridgehead atoms. The van der Waals surface area contributed by atoms with Gasteiger partial charge in [-0.25, -0.2) is 0 Å². The maximum atomic E-state index is 9.63. The second-order valence-corrected chi connectivity index (χ2v) is 4.44. The molecule has 3 heteroatoms. The van der Waals surface area contributed by atoms with Crippen molar-refractivity contribution >= 4 is 31.9 Å². The summed E-state index contributed by atoms with van der Waals surface area (Å²) >= 11 is 6.85. The van der Waals surface area contributed by atoms with Crippen LogP contribution in [0.1, 0.15) is 16.7 Å². The Kier molecular flexibility index (Phi) is 2.84. The molecule has 0 saturated carbocycles. The molecule has 0 aromatic heterocycles. The molecule has 0 radical (unpaired) electrons. The summed E-state index contributed by atoms with van der Waals surface area (Å²) in [6.07, 6.45) is 0. The Morgan fingerprint density at radius 1 is 0.833 bits per heavy atom. The number of rotatable bonds is 0. The van der Waals surface area contributed by atoms with E-state index in [2.05, 4.69) is 31.9 Å². The Morgan fingerprint density at radius 3 is 1.50 bits per heavy atom. The van der Waals surface area contributed by atoms with Gasteiger partial charge < -0.3 is 5.11 Å². The van der Waals surface area contributed by atoms with Gasteiger partial charge >= 0.3 is 0 Å². The van der Waals surface area contributed by atoms with Gasteiger partial charge in [0.25, 0.3) is 0 Å². The smallest absolute Gasteiger partial charge is 0.123 e. The summed E-state index contributed by atoms with van der Waals surface area (Å²) in [6, 6.07) is 0. The van der Waals surface area contributed by atoms with Crippen LogP contribution in [0.5, 0.6) is 5.75 Å². The van der Waals surface area contributed by atoms with Crippen molar-refractivity contribution in [3.8, 4) is 5.75 Å². The van der Waals surface area contributed by atoms with Crippen molar-refractivity contribution in [2.45, 2.75) is 20.8 Å². The maximum absolute atomic E-state index is 9.63. The highest BCUT2D eigenvalue weighted by Crippen LogP contribution is 2.37. The molecular formula is C9H10Br2O. The van der Waals surface area contributed by atoms with Crippen LogP contribution in [-0.4, -0.2) is 5.11 Å². The molecule has 1 aromatic rings. The lowest BCUT2D eigenvalue weighted by Gasteiger charge is -2.11. The number of phenolic OH excluding ortho intramolecular Hbond substituents is 1. The van der Waals surface area contributed by atoms with E-state index in [-0.39, 0.29) is 0 Å². The van der Waals surface area contributed by atoms with Gasteiger partial charge in [-0.05, 0) is 26.3 Å². The molecule has 0 amide bonds. The molecule has 0 atom stereocenters. The normalized spacial score (nSPS) is 10.4. The number of hydrogen-bond donors (Lipinski definition) is 1. The summed E-state index contributed by atoms with van der Waals surface area (Å²) in [5.41, 5.74) is 2.92. The molecule has 0 aliphatic heterocycles. The van der Waals surface area contributed by atoms with Crippen LogP contribution in [0.2, 0.25) is 0 Å². The van der Waals surface area contributed by atoms with Crippen molar-refractivity contribution in [1.29, 1.82) is 0 Å². The Hall–Kier alpha value is -0.0200. The van der Waals surface area contributed by atoms with Gasteiger partial charge in [-0.2, -0.15) is 0 Å². The molecule has 12 heavy (non-hydrogen) atoms. The number of benzene rings is 1. The Balaban J connectivity index is 3.60. The van der Waals surface area contributed by atoms with E-state index in [1.807, 2.05) is 20.8 Å². The summed E-state index contributed by atoms with van der Waals surface area (Å²) in [5.74, 6) is 0.361. The van der Waals surface area contributed by atoms with Gasteiger partial charge in [0, 0.05) is 20.1 Å². The number of aromatic hydroxyl groups is 1. The first-order chi connectivity index (χ1) is 5.46. The lowest BCUT2D eigenvalue weighted by molar-refractivity contribution is 0.465. The van der Waals surface area contributed by atoms with Gasteiger partial charge in [0.2, 0.25) is 0 Å². The van der Waals surface area contributed by atoms with Gasteiger partial charge in [0.05, 0.1) is 0 Å². The molecule has 0 fully saturated rings. The summed E-state index contributed by atoms with van der Waals surface area (Å²) in [5, 5.41) is 9.63. The highest BCUT2D eigenvalue weighted by atomic mass is 79.9. The van der Waals surface area contributed by atoms with Crippen LogP contribution < -0.4 is 0 Å². The molecular weight excluding hydrogens is 284 g/mol. The standard InChI is InChI=1S/C9H10Br2O/c1-4-7(10)5(2)9(12)6(3)8(4)11/h12H,1-3H3. The Morgan fingerprint density at radius 2 is 1.17 bits per heavy atom. The Labute approximate surface area is 89.1 Å². The van der Waals surface area contributed by atoms with E-state index in [0.717, 1.165) is 25.6 Å². The molecule has 1 nitrogen and oxygen atoms in total. The third-order valence-electron chi connectivity index (χ3n) is 2.03. The van der Waals surface area contributed by atoms with E-state index in [9.17, 15) is 5.11 Å². The molecule has 66 valence electrons. The summed E-state index contributed by atoms with van der Waals surface area (Å²) in [6.45, 7) is 5.80. The van der Waals surface area contributed by atoms with Gasteiger partial charge in [-0.1, -0.05) is 31.9 Å². The number of halogens is 2. The third-order valence-corrected chi connectivity index (χ3v) is 4.41. The van der Waals surface area contributed by atoms with Crippen LogP contribution in [0.25, 0.3) is 0 Å². The van der Waals surface area contributed by atoms with Gasteiger partial charge in [-0.15, -0.1) is 0 Å². The predicted octanol–water partition coefficient (Wildman–Crippen LogP) is 3.84. The minimum atomic E-state index is 0.361. The largest absolute Gasteiger partial charge is 0.507 e. The zero-order chi connectivity index (χ0) is 9.46. The lowest BCUT2D eigenvalue weighted by atomic mass is 10.1. The van der Waals surface area contributed by atoms with E-state index in [4.69, 9.17) is 0 Å². The van der Waals surface area contributed by atoms with Gasteiger partial charge in [0.1, 0.15) is 5.75 Å². The minimum absolute atomic E-state index is 0.361. The summed E-state index contributed by atoms with van der Waals surface area (Å²) in [4.78, 5) is 0. The van der Waals surface area contributed by atoms with Crippen molar-refractivity contribution in [3.63, 3.8) is 0 Å². The molecule has 0 aliphatic carbocycles. The molecule has 1 aromatic carbocycles. The average Bonchev–Trinajstić information content (AvgIpc) is 2.08. The summed E-state index contributed by atoms with van der Waals surface area (Å²) < 4.78 is 1.94. The Bertz CT molecular complexity index is 227. The molecule has 1 rings (SSSR count). The first-order valence-electron chi connectivity index (χ1n) is 3.60. The molecule has 0 spiro atoms. The van der Waals surface area contributed by atoms with Crippen molar-refractivity contribution in [2.75, 3.05) is 0 Å². The first-order valence-corrected chi connectivity index (χ1v) is 5.19. The van der Waals surface area contributed by atoms with E-state index < -0.39 is 0 Å². The fourth-order valence-corrected chi connectivity index (χ4v) is 2.19. The van der Waals surface area contributed by atoms with E-state index in [1.165, 1.54) is 0 Å². The van der Waals surface area contributed by atoms with E-state index in [0.29, 0.717) is 5.75 Å². The van der Waals surface area contributed by atoms with Gasteiger partial charge in [0.15, 0.2) is 0 Å². The van der Waals surface area contributed by atoms with E-state index in [1.54, 1.807) is 0 Å². The van der Waals surface area contributed by atoms with Crippen molar-refractivity contribution in [2.24, 2.45) is 0 Å². The highest BCUT2D eigenvalue weighted by Gasteiger charge is 2.12. The van der Waals surface area contributed by atoms with Crippen LogP contribution in [0.15, 0.2) is 8.95 Å². The SMILES string of the molecule is Cc1c(O)c(C)c(Br)c(C)c1Br. The predicted molar refractivity (Wildman–Crippen MR) is 57.7 cm³/mol. The second-order valence-electron chi connectivity index (χ2n) is 2.85. The molecule has 1 N–H and O–H groups in total. The van der Waals surface area contributed by atoms with Crippen LogP contribution in [0.3, 0.4) is 0 Å². The monoisotopic (exact) mass is 292 g/mol. The van der Waals surface area contributed by atoms with Crippen LogP contribution in [0, 0.1) is 20.8 Å². The summed E-state index contributed by atoms with van der Waals surface area (Å²) in [7, 11) is 0. The molecule has 0 heterocycles. The lowest BCUT2D eigenvalue weighted by Crippen LogP contribution is -1.89. The van der Waals surface area contributed by atoms with Gasteiger partial charge in [-0.3, -0.25) is 0 Å². The average molecular weight is 294 g/mol. The molecule has 0 aliphatic rings.